The number of nitrogens with one attached hydrogen (secondary N) is 3. The van der Waals surface area contributed by atoms with Crippen LogP contribution in [0.25, 0.3) is 0 Å². The Morgan fingerprint density at radius 1 is 1.34 bits per heavy atom. The van der Waals surface area contributed by atoms with Gasteiger partial charge >= 0.3 is 0 Å². The Morgan fingerprint density at radius 2 is 2.17 bits per heavy atom. The largest absolute Gasteiger partial charge is 0.508 e. The quantitative estimate of drug-likeness (QED) is 0.309. The molecule has 35 heavy (non-hydrogen) atoms. The zero-order valence-electron chi connectivity index (χ0n) is 19.9. The molecule has 1 saturated heterocycles. The van der Waals surface area contributed by atoms with Crippen LogP contribution in [0.5, 0.6) is 5.75 Å². The van der Waals surface area contributed by atoms with Crippen LogP contribution < -0.4 is 20.9 Å². The lowest BCUT2D eigenvalue weighted by atomic mass is 10.1. The maximum Gasteiger partial charge on any atom is 0.270 e. The molecule has 2 aromatic rings. The summed E-state index contributed by atoms with van der Waals surface area (Å²) in [5.74, 6) is 1.46. The average molecular weight is 505 g/mol. The molecule has 11 nitrogen and oxygen atoms in total. The maximum atomic E-state index is 13.0. The average Bonchev–Trinajstić information content (AvgIpc) is 3.05. The molecule has 12 heteroatoms. The smallest absolute Gasteiger partial charge is 0.270 e. The number of ether oxygens (including phenoxy) is 2. The molecule has 0 unspecified atom stereocenters. The van der Waals surface area contributed by atoms with Gasteiger partial charge in [0.2, 0.25) is 5.95 Å². The SMILES string of the molecule is COCCN(C)c1nc(NC2COC2)cc(C(=O)NC[C@@H](O)[C@H]2NCc3cc(O)ccc3CS2)n1. The van der Waals surface area contributed by atoms with Crippen molar-refractivity contribution in [2.24, 2.45) is 0 Å². The zero-order chi connectivity index (χ0) is 24.8. The third-order valence-electron chi connectivity index (χ3n) is 5.83. The van der Waals surface area contributed by atoms with E-state index in [1.54, 1.807) is 37.1 Å². The molecular weight excluding hydrogens is 472 g/mol. The second-order valence-electron chi connectivity index (χ2n) is 8.57. The molecule has 1 fully saturated rings. The normalized spacial score (nSPS) is 18.7. The van der Waals surface area contributed by atoms with Gasteiger partial charge in [-0.25, -0.2) is 4.98 Å². The fourth-order valence-corrected chi connectivity index (χ4v) is 4.82. The van der Waals surface area contributed by atoms with Gasteiger partial charge in [0.05, 0.1) is 37.3 Å². The first kappa shape index (κ1) is 25.5. The number of carbonyl (C=O) groups excluding carboxylic acids is 1. The predicted octanol–water partition coefficient (Wildman–Crippen LogP) is 0.529. The number of phenolic OH excluding ortho intramolecular Hbond substituents is 1. The lowest BCUT2D eigenvalue weighted by Crippen LogP contribution is -2.44. The minimum Gasteiger partial charge on any atom is -0.508 e. The number of hydrogen-bond acceptors (Lipinski definition) is 11. The van der Waals surface area contributed by atoms with Gasteiger partial charge in [-0.15, -0.1) is 11.8 Å². The minimum absolute atomic E-state index is 0.0587. The summed E-state index contributed by atoms with van der Waals surface area (Å²) in [6, 6.07) is 7.05. The number of amides is 1. The number of aliphatic hydroxyl groups excluding tert-OH is 1. The predicted molar refractivity (Wildman–Crippen MR) is 134 cm³/mol. The minimum atomic E-state index is -0.817. The van der Waals surface area contributed by atoms with Crippen molar-refractivity contribution in [2.45, 2.75) is 29.8 Å². The second kappa shape index (κ2) is 11.9. The number of methoxy groups -OCH3 is 1. The van der Waals surface area contributed by atoms with E-state index in [1.807, 2.05) is 18.0 Å². The van der Waals surface area contributed by atoms with Crippen LogP contribution in [0.1, 0.15) is 21.6 Å². The molecule has 0 bridgehead atoms. The van der Waals surface area contributed by atoms with Crippen molar-refractivity contribution in [3.63, 3.8) is 0 Å². The van der Waals surface area contributed by atoms with E-state index in [9.17, 15) is 15.0 Å². The molecule has 0 saturated carbocycles. The number of aromatic hydroxyl groups is 1. The molecule has 2 aliphatic heterocycles. The van der Waals surface area contributed by atoms with Gasteiger partial charge in [0.25, 0.3) is 5.91 Å². The highest BCUT2D eigenvalue weighted by molar-refractivity contribution is 7.99. The number of fused-ring (bicyclic) bond motifs is 1. The molecular formula is C23H32N6O5S. The summed E-state index contributed by atoms with van der Waals surface area (Å²) in [5.41, 5.74) is 2.32. The Labute approximate surface area is 208 Å². The molecule has 5 N–H and O–H groups in total. The molecule has 3 heterocycles. The summed E-state index contributed by atoms with van der Waals surface area (Å²) in [4.78, 5) is 23.7. The molecule has 190 valence electrons. The topological polar surface area (TPSA) is 141 Å². The number of benzene rings is 1. The van der Waals surface area contributed by atoms with Gasteiger partial charge in [-0.1, -0.05) is 6.07 Å². The lowest BCUT2D eigenvalue weighted by molar-refractivity contribution is 0.0209. The van der Waals surface area contributed by atoms with Crippen LogP contribution in [0.2, 0.25) is 0 Å². The Hall–Kier alpha value is -2.64. The number of nitrogens with zero attached hydrogens (tertiary/aromatic N) is 3. The number of carbonyl (C=O) groups is 1. The number of thioether (sulfide) groups is 1. The number of rotatable bonds is 10. The highest BCUT2D eigenvalue weighted by Gasteiger charge is 2.25. The van der Waals surface area contributed by atoms with E-state index in [4.69, 9.17) is 9.47 Å². The number of aromatic nitrogens is 2. The van der Waals surface area contributed by atoms with Crippen molar-refractivity contribution in [3.05, 3.63) is 41.1 Å². The van der Waals surface area contributed by atoms with Crippen LogP contribution >= 0.6 is 11.8 Å². The highest BCUT2D eigenvalue weighted by Crippen LogP contribution is 2.27. The summed E-state index contributed by atoms with van der Waals surface area (Å²) in [5, 5.41) is 29.6. The van der Waals surface area contributed by atoms with E-state index in [1.165, 1.54) is 0 Å². The fourth-order valence-electron chi connectivity index (χ4n) is 3.66. The van der Waals surface area contributed by atoms with Crippen molar-refractivity contribution < 1.29 is 24.5 Å². The van der Waals surface area contributed by atoms with Crippen molar-refractivity contribution >= 4 is 29.4 Å². The van der Waals surface area contributed by atoms with Crippen LogP contribution in [0.15, 0.2) is 24.3 Å². The summed E-state index contributed by atoms with van der Waals surface area (Å²) >= 11 is 1.56. The molecule has 1 amide bonds. The van der Waals surface area contributed by atoms with Gasteiger partial charge in [0, 0.05) is 45.6 Å². The Kier molecular flexibility index (Phi) is 8.63. The van der Waals surface area contributed by atoms with Crippen molar-refractivity contribution in [3.8, 4) is 5.75 Å². The van der Waals surface area contributed by atoms with Crippen LogP contribution in [0.4, 0.5) is 11.8 Å². The molecule has 1 aromatic heterocycles. The molecule has 1 aromatic carbocycles. The summed E-state index contributed by atoms with van der Waals surface area (Å²) in [7, 11) is 3.46. The highest BCUT2D eigenvalue weighted by atomic mass is 32.2. The molecule has 2 atom stereocenters. The van der Waals surface area contributed by atoms with E-state index in [0.29, 0.717) is 50.4 Å². The second-order valence-corrected chi connectivity index (χ2v) is 9.70. The Balaban J connectivity index is 1.38. The van der Waals surface area contributed by atoms with Gasteiger partial charge in [0.1, 0.15) is 17.3 Å². The van der Waals surface area contributed by atoms with Gasteiger partial charge < -0.3 is 35.2 Å². The molecule has 0 spiro atoms. The summed E-state index contributed by atoms with van der Waals surface area (Å²) < 4.78 is 10.3. The molecule has 0 radical (unpaired) electrons. The van der Waals surface area contributed by atoms with Crippen molar-refractivity contribution in [1.82, 2.24) is 20.6 Å². The number of likely N-dealkylation sites (N-methyl/N-ethyl adjacent to an activating group) is 1. The fraction of sp³-hybridized carbons (Fsp3) is 0.522. The van der Waals surface area contributed by atoms with Crippen LogP contribution in [-0.2, 0) is 21.8 Å². The first-order chi connectivity index (χ1) is 16.9. The van der Waals surface area contributed by atoms with Crippen LogP contribution in [0.3, 0.4) is 0 Å². The van der Waals surface area contributed by atoms with E-state index >= 15 is 0 Å². The number of anilines is 2. The zero-order valence-corrected chi connectivity index (χ0v) is 20.7. The van der Waals surface area contributed by atoms with Crippen molar-refractivity contribution in [2.75, 3.05) is 57.3 Å². The van der Waals surface area contributed by atoms with E-state index < -0.39 is 12.0 Å². The third-order valence-corrected chi connectivity index (χ3v) is 7.15. The molecule has 2 aliphatic rings. The summed E-state index contributed by atoms with van der Waals surface area (Å²) in [6.07, 6.45) is -0.817. The summed E-state index contributed by atoms with van der Waals surface area (Å²) in [6.45, 7) is 2.82. The molecule has 0 aliphatic carbocycles. The number of phenols is 1. The van der Waals surface area contributed by atoms with Gasteiger partial charge in [0.15, 0.2) is 0 Å². The first-order valence-electron chi connectivity index (χ1n) is 11.5. The lowest BCUT2D eigenvalue weighted by Gasteiger charge is -2.28. The van der Waals surface area contributed by atoms with Crippen LogP contribution in [0, 0.1) is 0 Å². The van der Waals surface area contributed by atoms with E-state index in [0.717, 1.165) is 11.1 Å². The number of aliphatic hydroxyl groups is 1. The van der Waals surface area contributed by atoms with Gasteiger partial charge in [-0.05, 0) is 23.3 Å². The standard InChI is InChI=1S/C23H32N6O5S/c1-29(5-6-33-2)23-27-18(8-20(28-23)26-16-11-34-12-16)21(32)24-10-19(31)22-25-9-15-7-17(30)4-3-14(15)13-35-22/h3-4,7-8,16,19,22,25,30-31H,5-6,9-13H2,1-2H3,(H,24,32)(H,26,27,28)/t19-,22+/m1/s1. The first-order valence-corrected chi connectivity index (χ1v) is 12.5. The van der Waals surface area contributed by atoms with Gasteiger partial charge in [-0.3, -0.25) is 10.1 Å². The Bertz CT molecular complexity index is 1020. The van der Waals surface area contributed by atoms with Crippen molar-refractivity contribution in [1.29, 1.82) is 0 Å². The van der Waals surface area contributed by atoms with Crippen LogP contribution in [-0.4, -0.2) is 90.7 Å². The van der Waals surface area contributed by atoms with Gasteiger partial charge in [-0.2, -0.15) is 4.98 Å². The van der Waals surface area contributed by atoms with E-state index in [-0.39, 0.29) is 29.4 Å². The maximum absolute atomic E-state index is 13.0. The Morgan fingerprint density at radius 3 is 2.91 bits per heavy atom. The molecule has 4 rings (SSSR count). The monoisotopic (exact) mass is 504 g/mol. The van der Waals surface area contributed by atoms with E-state index in [2.05, 4.69) is 25.9 Å². The number of hydrogen-bond donors (Lipinski definition) is 5. The third kappa shape index (κ3) is 6.73.